The Bertz CT molecular complexity index is 1200. The smallest absolute Gasteiger partial charge is 0.307 e. The Morgan fingerprint density at radius 1 is 1.06 bits per heavy atom. The van der Waals surface area contributed by atoms with Gasteiger partial charge in [-0.2, -0.15) is 4.72 Å². The third kappa shape index (κ3) is 7.09. The Morgan fingerprint density at radius 3 is 2.36 bits per heavy atom. The lowest BCUT2D eigenvalue weighted by atomic mass is 10.1. The summed E-state index contributed by atoms with van der Waals surface area (Å²) in [6.45, 7) is -0.352. The van der Waals surface area contributed by atoms with Gasteiger partial charge < -0.3 is 15.2 Å². The van der Waals surface area contributed by atoms with Crippen LogP contribution in [-0.2, 0) is 26.0 Å². The van der Waals surface area contributed by atoms with Gasteiger partial charge in [-0.05, 0) is 54.1 Å². The van der Waals surface area contributed by atoms with Crippen LogP contribution in [0.2, 0.25) is 0 Å². The van der Waals surface area contributed by atoms with E-state index in [1.54, 1.807) is 12.1 Å². The molecule has 11 heteroatoms. The number of halogens is 1. The average molecular weight is 473 g/mol. The van der Waals surface area contributed by atoms with Gasteiger partial charge in [0.25, 0.3) is 0 Å². The minimum absolute atomic E-state index is 0.173. The number of anilines is 1. The van der Waals surface area contributed by atoms with Gasteiger partial charge in [-0.3, -0.25) is 14.6 Å². The molecule has 1 amide bonds. The molecule has 0 aliphatic carbocycles. The quantitative estimate of drug-likeness (QED) is 0.411. The number of carbonyl (C=O) groups is 2. The van der Waals surface area contributed by atoms with Crippen LogP contribution in [0.15, 0.2) is 78.0 Å². The number of ether oxygens (including phenoxy) is 1. The molecular formula is C22H20FN3O6S. The Kier molecular flexibility index (Phi) is 7.70. The van der Waals surface area contributed by atoms with E-state index in [0.29, 0.717) is 17.0 Å². The number of sulfonamides is 1. The number of rotatable bonds is 10. The fourth-order valence-electron chi connectivity index (χ4n) is 2.75. The number of nitrogens with one attached hydrogen (secondary N) is 2. The molecule has 1 heterocycles. The average Bonchev–Trinajstić information content (AvgIpc) is 2.78. The van der Waals surface area contributed by atoms with Crippen molar-refractivity contribution in [1.29, 1.82) is 0 Å². The zero-order chi connectivity index (χ0) is 23.8. The normalized spacial score (nSPS) is 12.0. The van der Waals surface area contributed by atoms with Crippen LogP contribution in [0.1, 0.15) is 5.56 Å². The third-order valence-corrected chi connectivity index (χ3v) is 5.85. The molecule has 0 saturated heterocycles. The molecule has 0 fully saturated rings. The Morgan fingerprint density at radius 2 is 1.76 bits per heavy atom. The number of aromatic nitrogens is 1. The summed E-state index contributed by atoms with van der Waals surface area (Å²) in [6.07, 6.45) is 2.76. The van der Waals surface area contributed by atoms with Gasteiger partial charge in [-0.15, -0.1) is 0 Å². The van der Waals surface area contributed by atoms with Gasteiger partial charge in [0.15, 0.2) is 0 Å². The van der Waals surface area contributed by atoms with Crippen molar-refractivity contribution in [3.63, 3.8) is 0 Å². The number of pyridine rings is 1. The Labute approximate surface area is 189 Å². The molecule has 1 aromatic heterocycles. The summed E-state index contributed by atoms with van der Waals surface area (Å²) in [5.74, 6) is -1.98. The highest BCUT2D eigenvalue weighted by Crippen LogP contribution is 2.14. The topological polar surface area (TPSA) is 135 Å². The minimum Gasteiger partial charge on any atom is -0.490 e. The van der Waals surface area contributed by atoms with E-state index < -0.39 is 33.8 Å². The summed E-state index contributed by atoms with van der Waals surface area (Å²) in [7, 11) is -4.18. The summed E-state index contributed by atoms with van der Waals surface area (Å²) in [6, 6.07) is 12.1. The molecule has 0 aliphatic heterocycles. The van der Waals surface area contributed by atoms with Crippen LogP contribution in [0.4, 0.5) is 10.1 Å². The number of carboxylic acids is 1. The molecule has 0 bridgehead atoms. The monoisotopic (exact) mass is 473 g/mol. The fraction of sp³-hybridized carbons (Fsp3) is 0.136. The van der Waals surface area contributed by atoms with Gasteiger partial charge in [0, 0.05) is 11.9 Å². The van der Waals surface area contributed by atoms with Gasteiger partial charge in [-0.1, -0.05) is 12.1 Å². The number of hydrogen-bond donors (Lipinski definition) is 3. The molecule has 2 aromatic carbocycles. The van der Waals surface area contributed by atoms with Crippen LogP contribution in [0.5, 0.6) is 5.75 Å². The van der Waals surface area contributed by atoms with Crippen LogP contribution in [-0.4, -0.2) is 43.0 Å². The summed E-state index contributed by atoms with van der Waals surface area (Å²) in [5.41, 5.74) is 0.871. The van der Waals surface area contributed by atoms with Gasteiger partial charge in [0.2, 0.25) is 15.9 Å². The Hall–Kier alpha value is -3.83. The first kappa shape index (κ1) is 23.8. The predicted molar refractivity (Wildman–Crippen MR) is 117 cm³/mol. The molecule has 3 rings (SSSR count). The lowest BCUT2D eigenvalue weighted by molar-refractivity contribution is -0.136. The maximum atomic E-state index is 13.2. The van der Waals surface area contributed by atoms with E-state index in [-0.39, 0.29) is 17.9 Å². The minimum atomic E-state index is -4.18. The first-order valence-electron chi connectivity index (χ1n) is 9.65. The standard InChI is InChI=1S/C22H20FN3O6S/c23-16-5-9-19(10-6-16)33(30,31)26-20(14-32-18-2-1-11-24-13-18)22(29)25-17-7-3-15(4-8-17)12-21(27)28/h1-11,13,20,26H,12,14H2,(H,25,29)(H,27,28)/t20-/m0/s1. The van der Waals surface area contributed by atoms with E-state index >= 15 is 0 Å². The molecule has 1 atom stereocenters. The van der Waals surface area contributed by atoms with Crippen molar-refractivity contribution in [3.05, 3.63) is 84.4 Å². The van der Waals surface area contributed by atoms with Crippen molar-refractivity contribution in [1.82, 2.24) is 9.71 Å². The number of nitrogens with zero attached hydrogens (tertiary/aromatic N) is 1. The molecule has 9 nitrogen and oxygen atoms in total. The van der Waals surface area contributed by atoms with Crippen molar-refractivity contribution in [3.8, 4) is 5.75 Å². The van der Waals surface area contributed by atoms with Crippen LogP contribution in [0.3, 0.4) is 0 Å². The van der Waals surface area contributed by atoms with E-state index in [1.165, 1.54) is 36.7 Å². The maximum absolute atomic E-state index is 13.2. The van der Waals surface area contributed by atoms with E-state index in [0.717, 1.165) is 24.3 Å². The molecule has 0 aliphatic rings. The van der Waals surface area contributed by atoms with Gasteiger partial charge in [0.05, 0.1) is 17.5 Å². The lowest BCUT2D eigenvalue weighted by Gasteiger charge is -2.19. The van der Waals surface area contributed by atoms with E-state index in [2.05, 4.69) is 15.0 Å². The summed E-state index contributed by atoms with van der Waals surface area (Å²) < 4.78 is 46.4. The van der Waals surface area contributed by atoms with Crippen LogP contribution in [0.25, 0.3) is 0 Å². The van der Waals surface area contributed by atoms with Crippen LogP contribution in [0, 0.1) is 5.82 Å². The maximum Gasteiger partial charge on any atom is 0.307 e. The molecule has 0 spiro atoms. The van der Waals surface area contributed by atoms with Gasteiger partial charge >= 0.3 is 5.97 Å². The molecule has 3 aromatic rings. The summed E-state index contributed by atoms with van der Waals surface area (Å²) in [5, 5.41) is 11.4. The van der Waals surface area contributed by atoms with Crippen molar-refractivity contribution in [2.45, 2.75) is 17.4 Å². The lowest BCUT2D eigenvalue weighted by Crippen LogP contribution is -2.47. The molecule has 3 N–H and O–H groups in total. The van der Waals surface area contributed by atoms with E-state index in [9.17, 15) is 22.4 Å². The molecule has 33 heavy (non-hydrogen) atoms. The summed E-state index contributed by atoms with van der Waals surface area (Å²) >= 11 is 0. The predicted octanol–water partition coefficient (Wildman–Crippen LogP) is 2.21. The van der Waals surface area contributed by atoms with Crippen LogP contribution < -0.4 is 14.8 Å². The Balaban J connectivity index is 1.77. The number of amides is 1. The second kappa shape index (κ2) is 10.7. The summed E-state index contributed by atoms with van der Waals surface area (Å²) in [4.78, 5) is 27.3. The van der Waals surface area contributed by atoms with Crippen molar-refractivity contribution in [2.24, 2.45) is 0 Å². The second-order valence-corrected chi connectivity index (χ2v) is 8.60. The van der Waals surface area contributed by atoms with Crippen molar-refractivity contribution >= 4 is 27.6 Å². The number of aliphatic carboxylic acids is 1. The first-order chi connectivity index (χ1) is 15.7. The molecular weight excluding hydrogens is 453 g/mol. The van der Waals surface area contributed by atoms with Crippen LogP contribution >= 0.6 is 0 Å². The molecule has 0 radical (unpaired) electrons. The molecule has 172 valence electrons. The largest absolute Gasteiger partial charge is 0.490 e. The van der Waals surface area contributed by atoms with Gasteiger partial charge in [0.1, 0.15) is 24.2 Å². The number of benzene rings is 2. The third-order valence-electron chi connectivity index (χ3n) is 4.37. The number of hydrogen-bond acceptors (Lipinski definition) is 6. The zero-order valence-electron chi connectivity index (χ0n) is 17.1. The SMILES string of the molecule is O=C(O)Cc1ccc(NC(=O)[C@H](COc2cccnc2)NS(=O)(=O)c2ccc(F)cc2)cc1. The highest BCUT2D eigenvalue weighted by Gasteiger charge is 2.27. The fourth-order valence-corrected chi connectivity index (χ4v) is 3.93. The highest BCUT2D eigenvalue weighted by molar-refractivity contribution is 7.89. The second-order valence-electron chi connectivity index (χ2n) is 6.88. The number of carboxylic acid groups (broad SMARTS) is 1. The zero-order valence-corrected chi connectivity index (χ0v) is 18.0. The van der Waals surface area contributed by atoms with E-state index in [4.69, 9.17) is 9.84 Å². The number of carbonyl (C=O) groups excluding carboxylic acids is 1. The van der Waals surface area contributed by atoms with Crippen molar-refractivity contribution < 1.29 is 32.2 Å². The molecule has 0 saturated carbocycles. The molecule has 0 unspecified atom stereocenters. The van der Waals surface area contributed by atoms with Crippen molar-refractivity contribution in [2.75, 3.05) is 11.9 Å². The first-order valence-corrected chi connectivity index (χ1v) is 11.1. The van der Waals surface area contributed by atoms with Gasteiger partial charge in [-0.25, -0.2) is 12.8 Å². The van der Waals surface area contributed by atoms with E-state index in [1.807, 2.05) is 0 Å². The highest BCUT2D eigenvalue weighted by atomic mass is 32.2.